The minimum Gasteiger partial charge on any atom is -0.467 e. The van der Waals surface area contributed by atoms with Gasteiger partial charge in [0, 0.05) is 10.9 Å². The Bertz CT molecular complexity index is 1060. The number of fused-ring (bicyclic) bond motifs is 1. The molecule has 27 heavy (non-hydrogen) atoms. The third-order valence-electron chi connectivity index (χ3n) is 3.96. The number of hydrogen-bond acceptors (Lipinski definition) is 6. The molecule has 0 saturated heterocycles. The number of halogens is 1. The molecule has 3 aromatic rings. The molecular weight excluding hydrogens is 373 g/mol. The third-order valence-corrected chi connectivity index (χ3v) is 4.85. The van der Waals surface area contributed by atoms with Gasteiger partial charge in [0.25, 0.3) is 5.56 Å². The molecular formula is C18H16FN3O4S. The Morgan fingerprint density at radius 1 is 1.33 bits per heavy atom. The fourth-order valence-electron chi connectivity index (χ4n) is 2.60. The number of amides is 1. The molecule has 0 aliphatic carbocycles. The van der Waals surface area contributed by atoms with Crippen LogP contribution in [-0.4, -0.2) is 34.6 Å². The molecule has 140 valence electrons. The molecule has 2 heterocycles. The molecule has 0 aliphatic heterocycles. The highest BCUT2D eigenvalue weighted by atomic mass is 32.1. The number of benzene rings is 1. The van der Waals surface area contributed by atoms with E-state index in [0.717, 1.165) is 0 Å². The maximum Gasteiger partial charge on any atom is 0.328 e. The van der Waals surface area contributed by atoms with E-state index in [1.807, 2.05) is 0 Å². The number of carbonyl (C=O) groups is 2. The lowest BCUT2D eigenvalue weighted by atomic mass is 10.1. The molecule has 0 unspecified atom stereocenters. The Hall–Kier alpha value is -3.07. The molecule has 1 atom stereocenters. The van der Waals surface area contributed by atoms with Crippen LogP contribution in [0.2, 0.25) is 0 Å². The second kappa shape index (κ2) is 7.67. The van der Waals surface area contributed by atoms with Crippen LogP contribution in [0.5, 0.6) is 0 Å². The van der Waals surface area contributed by atoms with E-state index < -0.39 is 17.9 Å². The topological polar surface area (TPSA) is 90.3 Å². The van der Waals surface area contributed by atoms with Crippen molar-refractivity contribution in [3.8, 4) is 11.1 Å². The van der Waals surface area contributed by atoms with Gasteiger partial charge in [-0.05, 0) is 24.6 Å². The van der Waals surface area contributed by atoms with Crippen LogP contribution >= 0.6 is 11.3 Å². The molecule has 0 fully saturated rings. The Kier molecular flexibility index (Phi) is 5.31. The van der Waals surface area contributed by atoms with Crippen molar-refractivity contribution in [1.82, 2.24) is 14.9 Å². The first kappa shape index (κ1) is 18.7. The SMILES string of the molecule is COC(=O)[C@H](C)NC(=O)Cn1cnc2scc(-c3ccc(F)cc3)c2c1=O. The summed E-state index contributed by atoms with van der Waals surface area (Å²) < 4.78 is 18.9. The predicted molar refractivity (Wildman–Crippen MR) is 98.9 cm³/mol. The van der Waals surface area contributed by atoms with Crippen molar-refractivity contribution in [3.63, 3.8) is 0 Å². The number of thiophene rings is 1. The van der Waals surface area contributed by atoms with Gasteiger partial charge in [0.1, 0.15) is 23.2 Å². The molecule has 7 nitrogen and oxygen atoms in total. The number of methoxy groups -OCH3 is 1. The van der Waals surface area contributed by atoms with Crippen molar-refractivity contribution >= 4 is 33.4 Å². The summed E-state index contributed by atoms with van der Waals surface area (Å²) in [5.41, 5.74) is 0.926. The fourth-order valence-corrected chi connectivity index (χ4v) is 3.51. The molecule has 0 aliphatic rings. The van der Waals surface area contributed by atoms with Crippen LogP contribution in [-0.2, 0) is 20.9 Å². The highest BCUT2D eigenvalue weighted by Crippen LogP contribution is 2.30. The van der Waals surface area contributed by atoms with E-state index in [2.05, 4.69) is 15.0 Å². The fraction of sp³-hybridized carbons (Fsp3) is 0.222. The predicted octanol–water partition coefficient (Wildman–Crippen LogP) is 1.94. The minimum atomic E-state index is -0.828. The maximum atomic E-state index is 13.2. The van der Waals surface area contributed by atoms with Gasteiger partial charge in [-0.25, -0.2) is 14.2 Å². The number of carbonyl (C=O) groups excluding carboxylic acids is 2. The van der Waals surface area contributed by atoms with Crippen molar-refractivity contribution in [2.45, 2.75) is 19.5 Å². The van der Waals surface area contributed by atoms with Gasteiger partial charge in [-0.2, -0.15) is 0 Å². The second-order valence-electron chi connectivity index (χ2n) is 5.83. The number of nitrogens with one attached hydrogen (secondary N) is 1. The molecule has 0 bridgehead atoms. The van der Waals surface area contributed by atoms with E-state index in [4.69, 9.17) is 0 Å². The average molecular weight is 389 g/mol. The van der Waals surface area contributed by atoms with E-state index in [9.17, 15) is 18.8 Å². The van der Waals surface area contributed by atoms with Gasteiger partial charge >= 0.3 is 5.97 Å². The van der Waals surface area contributed by atoms with Gasteiger partial charge in [-0.15, -0.1) is 11.3 Å². The first-order valence-corrected chi connectivity index (χ1v) is 8.88. The molecule has 1 N–H and O–H groups in total. The monoisotopic (exact) mass is 389 g/mol. The van der Waals surface area contributed by atoms with E-state index in [1.165, 1.54) is 48.4 Å². The Morgan fingerprint density at radius 3 is 2.70 bits per heavy atom. The van der Waals surface area contributed by atoms with Crippen LogP contribution in [0.15, 0.2) is 40.8 Å². The number of rotatable bonds is 5. The van der Waals surface area contributed by atoms with Gasteiger partial charge in [-0.1, -0.05) is 12.1 Å². The quantitative estimate of drug-likeness (QED) is 0.674. The zero-order chi connectivity index (χ0) is 19.6. The Balaban J connectivity index is 1.92. The van der Waals surface area contributed by atoms with Gasteiger partial charge in [0.15, 0.2) is 0 Å². The highest BCUT2D eigenvalue weighted by Gasteiger charge is 2.18. The third kappa shape index (κ3) is 3.87. The number of aromatic nitrogens is 2. The number of nitrogens with zero attached hydrogens (tertiary/aromatic N) is 2. The number of ether oxygens (including phenoxy) is 1. The maximum absolute atomic E-state index is 13.2. The molecule has 3 rings (SSSR count). The first-order chi connectivity index (χ1) is 12.9. The molecule has 2 aromatic heterocycles. The van der Waals surface area contributed by atoms with E-state index >= 15 is 0 Å². The summed E-state index contributed by atoms with van der Waals surface area (Å²) in [6, 6.07) is 4.97. The lowest BCUT2D eigenvalue weighted by Crippen LogP contribution is -2.42. The zero-order valence-electron chi connectivity index (χ0n) is 14.6. The van der Waals surface area contributed by atoms with Crippen LogP contribution in [0.25, 0.3) is 21.3 Å². The summed E-state index contributed by atoms with van der Waals surface area (Å²) in [6.45, 7) is 1.20. The van der Waals surface area contributed by atoms with Gasteiger partial charge in [0.05, 0.1) is 18.8 Å². The summed E-state index contributed by atoms with van der Waals surface area (Å²) >= 11 is 1.29. The van der Waals surface area contributed by atoms with Crippen LogP contribution < -0.4 is 10.9 Å². The first-order valence-electron chi connectivity index (χ1n) is 8.00. The van der Waals surface area contributed by atoms with Crippen LogP contribution in [0.1, 0.15) is 6.92 Å². The molecule has 0 spiro atoms. The normalized spacial score (nSPS) is 12.0. The van der Waals surface area contributed by atoms with Crippen LogP contribution in [0, 0.1) is 5.82 Å². The van der Waals surface area contributed by atoms with Gasteiger partial charge in [0.2, 0.25) is 5.91 Å². The summed E-state index contributed by atoms with van der Waals surface area (Å²) in [5.74, 6) is -1.47. The van der Waals surface area contributed by atoms with Gasteiger partial charge in [-0.3, -0.25) is 14.2 Å². The molecule has 1 amide bonds. The zero-order valence-corrected chi connectivity index (χ0v) is 15.4. The second-order valence-corrected chi connectivity index (χ2v) is 6.68. The van der Waals surface area contributed by atoms with Crippen LogP contribution in [0.3, 0.4) is 0 Å². The Labute approximate surface area is 157 Å². The van der Waals surface area contributed by atoms with E-state index in [1.54, 1.807) is 17.5 Å². The van der Waals surface area contributed by atoms with Crippen molar-refractivity contribution in [2.75, 3.05) is 7.11 Å². The number of hydrogen-bond donors (Lipinski definition) is 1. The van der Waals surface area contributed by atoms with Crippen molar-refractivity contribution in [1.29, 1.82) is 0 Å². The lowest BCUT2D eigenvalue weighted by molar-refractivity contribution is -0.144. The smallest absolute Gasteiger partial charge is 0.328 e. The summed E-state index contributed by atoms with van der Waals surface area (Å²) in [7, 11) is 1.22. The largest absolute Gasteiger partial charge is 0.467 e. The van der Waals surface area contributed by atoms with Gasteiger partial charge < -0.3 is 10.1 Å². The lowest BCUT2D eigenvalue weighted by Gasteiger charge is -2.12. The molecule has 0 radical (unpaired) electrons. The minimum absolute atomic E-state index is 0.290. The summed E-state index contributed by atoms with van der Waals surface area (Å²) in [5, 5.41) is 4.60. The average Bonchev–Trinajstić information content (AvgIpc) is 3.08. The molecule has 1 aromatic carbocycles. The van der Waals surface area contributed by atoms with Crippen molar-refractivity contribution in [2.24, 2.45) is 0 Å². The number of esters is 1. The van der Waals surface area contributed by atoms with Crippen LogP contribution in [0.4, 0.5) is 4.39 Å². The highest BCUT2D eigenvalue weighted by molar-refractivity contribution is 7.17. The van der Waals surface area contributed by atoms with Crippen molar-refractivity contribution in [3.05, 3.63) is 52.1 Å². The summed E-state index contributed by atoms with van der Waals surface area (Å²) in [6.07, 6.45) is 1.29. The Morgan fingerprint density at radius 2 is 2.04 bits per heavy atom. The molecule has 0 saturated carbocycles. The molecule has 9 heteroatoms. The van der Waals surface area contributed by atoms with Crippen molar-refractivity contribution < 1.29 is 18.7 Å². The summed E-state index contributed by atoms with van der Waals surface area (Å²) in [4.78, 5) is 41.1. The van der Waals surface area contributed by atoms with E-state index in [-0.39, 0.29) is 17.9 Å². The van der Waals surface area contributed by atoms with E-state index in [0.29, 0.717) is 21.3 Å². The standard InChI is InChI=1S/C18H16FN3O4S/c1-10(18(25)26-2)21-14(23)7-22-9-20-16-15(17(22)24)13(8-27-16)11-3-5-12(19)6-4-11/h3-6,8-10H,7H2,1-2H3,(H,21,23)/t10-/m0/s1.